The maximum absolute atomic E-state index is 15.2. The van der Waals surface area contributed by atoms with Crippen LogP contribution in [-0.4, -0.2) is 86.8 Å². The summed E-state index contributed by atoms with van der Waals surface area (Å²) in [6.45, 7) is 1.01. The highest BCUT2D eigenvalue weighted by atomic mass is 35.5. The standard InChI is InChI=1S/C25H28ClF5N4O5S/c1-2-16-4-5-20(40-25(29,30)31)21(10-16)41(37,38)34-8-6-17(18(27)13-34)12-35-23(36)22(26)19(11-33-35)32-14-24(28)7-3-9-39-15-24/h4-5,10-12,17-18H,2-3,6-9,13-15H2,1H3/p+1/b35-12-/t17?,18-,24-/m0/s1. The molecule has 0 spiro atoms. The number of amides is 1. The predicted molar refractivity (Wildman–Crippen MR) is 139 cm³/mol. The Hall–Kier alpha value is -2.62. The molecule has 2 fully saturated rings. The number of piperidine rings is 1. The molecule has 0 saturated carbocycles. The predicted octanol–water partition coefficient (Wildman–Crippen LogP) is 3.66. The van der Waals surface area contributed by atoms with Crippen LogP contribution in [0.5, 0.6) is 5.75 Å². The molecule has 3 aliphatic heterocycles. The van der Waals surface area contributed by atoms with Crippen molar-refractivity contribution >= 4 is 40.0 Å². The Morgan fingerprint density at radius 2 is 2.12 bits per heavy atom. The number of carbonyl (C=O) groups is 1. The quantitative estimate of drug-likeness (QED) is 0.349. The Morgan fingerprint density at radius 1 is 1.37 bits per heavy atom. The van der Waals surface area contributed by atoms with Gasteiger partial charge in [-0.1, -0.05) is 24.6 Å². The first-order chi connectivity index (χ1) is 19.2. The van der Waals surface area contributed by atoms with Crippen LogP contribution in [0.15, 0.2) is 38.9 Å². The van der Waals surface area contributed by atoms with Crippen molar-refractivity contribution in [2.45, 2.75) is 55.7 Å². The van der Waals surface area contributed by atoms with E-state index in [1.807, 2.05) is 0 Å². The molecule has 4 rings (SSSR count). The number of sulfonamides is 1. The summed E-state index contributed by atoms with van der Waals surface area (Å²) in [5.74, 6) is -2.66. The number of nitrogens with one attached hydrogen (secondary N) is 1. The third-order valence-electron chi connectivity index (χ3n) is 6.96. The van der Waals surface area contributed by atoms with Gasteiger partial charge in [-0.15, -0.1) is 13.2 Å². The number of benzene rings is 1. The van der Waals surface area contributed by atoms with Gasteiger partial charge < -0.3 is 14.8 Å². The molecular formula is C25H29ClF5N4O5S+. The highest BCUT2D eigenvalue weighted by Gasteiger charge is 2.42. The number of aryl methyl sites for hydroxylation is 1. The molecule has 0 aromatic heterocycles. The van der Waals surface area contributed by atoms with E-state index in [2.05, 4.69) is 15.2 Å². The number of halogens is 6. The number of nitrogens with zero attached hydrogens (tertiary/aromatic N) is 3. The van der Waals surface area contributed by atoms with E-state index in [4.69, 9.17) is 16.3 Å². The molecule has 1 unspecified atom stereocenters. The lowest BCUT2D eigenvalue weighted by Gasteiger charge is -2.31. The second-order valence-corrected chi connectivity index (χ2v) is 12.2. The van der Waals surface area contributed by atoms with Crippen molar-refractivity contribution < 1.29 is 49.3 Å². The second kappa shape index (κ2) is 12.3. The van der Waals surface area contributed by atoms with Gasteiger partial charge in [0.1, 0.15) is 23.0 Å². The number of hydrazone groups is 1. The van der Waals surface area contributed by atoms with Crippen molar-refractivity contribution in [2.24, 2.45) is 11.0 Å². The Balaban J connectivity index is 1.45. The summed E-state index contributed by atoms with van der Waals surface area (Å²) >= 11 is 6.17. The maximum Gasteiger partial charge on any atom is 0.573 e. The summed E-state index contributed by atoms with van der Waals surface area (Å²) < 4.78 is 106. The summed E-state index contributed by atoms with van der Waals surface area (Å²) in [5, 5.41) is 6.43. The van der Waals surface area contributed by atoms with E-state index in [1.54, 1.807) is 6.92 Å². The number of alkyl halides is 5. The number of carbonyl (C=O) groups excluding carboxylic acids is 1. The van der Waals surface area contributed by atoms with Gasteiger partial charge in [-0.05, 0) is 48.1 Å². The molecule has 2 saturated heterocycles. The summed E-state index contributed by atoms with van der Waals surface area (Å²) in [6, 6.07) is 3.31. The van der Waals surface area contributed by atoms with Gasteiger partial charge in [-0.3, -0.25) is 0 Å². The van der Waals surface area contributed by atoms with E-state index in [1.165, 1.54) is 18.5 Å². The average Bonchev–Trinajstić information content (AvgIpc) is 2.91. The molecule has 0 aliphatic carbocycles. The topological polar surface area (TPSA) is 100 Å². The van der Waals surface area contributed by atoms with Crippen LogP contribution < -0.4 is 10.1 Å². The summed E-state index contributed by atoms with van der Waals surface area (Å²) in [5.41, 5.74) is -1.09. The van der Waals surface area contributed by atoms with E-state index >= 15 is 4.39 Å². The van der Waals surface area contributed by atoms with Crippen LogP contribution in [0.25, 0.3) is 0 Å². The first-order valence-corrected chi connectivity index (χ1v) is 14.7. The number of rotatable bonds is 8. The minimum atomic E-state index is -5.13. The van der Waals surface area contributed by atoms with E-state index in [-0.39, 0.29) is 43.3 Å². The van der Waals surface area contributed by atoms with Crippen molar-refractivity contribution in [1.29, 1.82) is 0 Å². The Labute approximate surface area is 238 Å². The van der Waals surface area contributed by atoms with Crippen molar-refractivity contribution in [1.82, 2.24) is 9.62 Å². The molecule has 3 atom stereocenters. The third-order valence-corrected chi connectivity index (χ3v) is 9.21. The summed E-state index contributed by atoms with van der Waals surface area (Å²) in [7, 11) is -4.57. The van der Waals surface area contributed by atoms with Crippen molar-refractivity contribution in [2.75, 3.05) is 32.8 Å². The van der Waals surface area contributed by atoms with Gasteiger partial charge in [0.05, 0.1) is 24.8 Å². The molecule has 0 radical (unpaired) electrons. The lowest BCUT2D eigenvalue weighted by molar-refractivity contribution is -0.447. The maximum atomic E-state index is 15.2. The lowest BCUT2D eigenvalue weighted by atomic mass is 9.97. The molecule has 226 valence electrons. The number of allylic oxidation sites excluding steroid dienone is 1. The lowest BCUT2D eigenvalue weighted by Crippen LogP contribution is -2.46. The second-order valence-electron chi connectivity index (χ2n) is 9.95. The van der Waals surface area contributed by atoms with E-state index in [0.29, 0.717) is 25.0 Å². The van der Waals surface area contributed by atoms with E-state index in [9.17, 15) is 30.8 Å². The molecule has 9 nitrogen and oxygen atoms in total. The normalized spacial score (nSPS) is 27.4. The Morgan fingerprint density at radius 3 is 2.76 bits per heavy atom. The van der Waals surface area contributed by atoms with Crippen LogP contribution in [0, 0.1) is 5.92 Å². The van der Waals surface area contributed by atoms with Crippen molar-refractivity contribution in [3.8, 4) is 5.75 Å². The van der Waals surface area contributed by atoms with Crippen LogP contribution in [0.4, 0.5) is 22.0 Å². The molecule has 1 N–H and O–H groups in total. The SMILES string of the molecule is CCc1ccc(OC(F)(F)F)c(S(=O)(=O)N2CCC(/C=[N+]3\N=CC(NC[C@@]4(F)CCCOC4)=C(Cl)C3=O)[C@@H](F)C2)c1. The minimum absolute atomic E-state index is 0.0906. The van der Waals surface area contributed by atoms with Crippen LogP contribution in [0.2, 0.25) is 0 Å². The van der Waals surface area contributed by atoms with E-state index < -0.39 is 57.2 Å². The summed E-state index contributed by atoms with van der Waals surface area (Å²) in [6.07, 6.45) is -3.49. The van der Waals surface area contributed by atoms with E-state index in [0.717, 1.165) is 21.1 Å². The highest BCUT2D eigenvalue weighted by Crippen LogP contribution is 2.34. The average molecular weight is 628 g/mol. The fourth-order valence-electron chi connectivity index (χ4n) is 4.67. The molecule has 3 aliphatic rings. The monoisotopic (exact) mass is 627 g/mol. The molecular weight excluding hydrogens is 599 g/mol. The molecule has 1 amide bonds. The molecule has 3 heterocycles. The zero-order valence-electron chi connectivity index (χ0n) is 22.0. The van der Waals surface area contributed by atoms with Crippen LogP contribution in [0.3, 0.4) is 0 Å². The van der Waals surface area contributed by atoms with Crippen LogP contribution in [-0.2, 0) is 26.0 Å². The van der Waals surface area contributed by atoms with Gasteiger partial charge in [0.2, 0.25) is 10.0 Å². The van der Waals surface area contributed by atoms with Gasteiger partial charge in [0.25, 0.3) is 0 Å². The third kappa shape index (κ3) is 7.43. The fraction of sp³-hybridized carbons (Fsp3) is 0.560. The zero-order chi connectivity index (χ0) is 30.0. The minimum Gasteiger partial charge on any atom is -0.404 e. The van der Waals surface area contributed by atoms with Gasteiger partial charge in [0.15, 0.2) is 16.9 Å². The van der Waals surface area contributed by atoms with Gasteiger partial charge in [-0.2, -0.15) is 4.31 Å². The van der Waals surface area contributed by atoms with Crippen molar-refractivity contribution in [3.05, 3.63) is 34.5 Å². The smallest absolute Gasteiger partial charge is 0.404 e. The fourth-order valence-corrected chi connectivity index (χ4v) is 6.50. The summed E-state index contributed by atoms with van der Waals surface area (Å²) in [4.78, 5) is 12.0. The number of ether oxygens (including phenoxy) is 2. The first kappa shape index (κ1) is 31.3. The number of hydrogen-bond acceptors (Lipinski definition) is 7. The zero-order valence-corrected chi connectivity index (χ0v) is 23.5. The number of hydrogen-bond donors (Lipinski definition) is 1. The molecule has 0 bridgehead atoms. The van der Waals surface area contributed by atoms with Crippen LogP contribution >= 0.6 is 11.6 Å². The molecule has 1 aromatic carbocycles. The van der Waals surface area contributed by atoms with Gasteiger partial charge >= 0.3 is 12.3 Å². The molecule has 1 aromatic rings. The van der Waals surface area contributed by atoms with Crippen molar-refractivity contribution in [3.63, 3.8) is 0 Å². The largest absolute Gasteiger partial charge is 0.573 e. The van der Waals surface area contributed by atoms with Gasteiger partial charge in [0, 0.05) is 24.8 Å². The Bertz CT molecular complexity index is 1360. The first-order valence-electron chi connectivity index (χ1n) is 12.9. The Kier molecular flexibility index (Phi) is 9.41. The van der Waals surface area contributed by atoms with Gasteiger partial charge in [-0.25, -0.2) is 22.0 Å². The molecule has 16 heteroatoms. The molecule has 41 heavy (non-hydrogen) atoms. The highest BCUT2D eigenvalue weighted by molar-refractivity contribution is 7.89. The van der Waals surface area contributed by atoms with Crippen LogP contribution in [0.1, 0.15) is 31.7 Å².